The fraction of sp³-hybridized carbons (Fsp3) is 0.250. The molecule has 5 rings (SSSR count). The normalized spacial score (nSPS) is 14.3. The highest BCUT2D eigenvalue weighted by atomic mass is 19.1. The van der Waals surface area contributed by atoms with E-state index in [4.69, 9.17) is 14.6 Å². The minimum Gasteiger partial charge on any atom is -0.493 e. The second-order valence-electron chi connectivity index (χ2n) is 7.53. The quantitative estimate of drug-likeness (QED) is 0.439. The minimum absolute atomic E-state index is 0.232. The van der Waals surface area contributed by atoms with Crippen LogP contribution in [0.5, 0.6) is 11.5 Å². The lowest BCUT2D eigenvalue weighted by molar-refractivity contribution is 0.201. The first-order valence-corrected chi connectivity index (χ1v) is 10.2. The van der Waals surface area contributed by atoms with Gasteiger partial charge in [0.2, 0.25) is 0 Å². The van der Waals surface area contributed by atoms with Crippen molar-refractivity contribution in [1.29, 1.82) is 0 Å². The van der Waals surface area contributed by atoms with Gasteiger partial charge < -0.3 is 9.47 Å². The van der Waals surface area contributed by atoms with Crippen molar-refractivity contribution in [3.8, 4) is 34.0 Å². The van der Waals surface area contributed by atoms with Gasteiger partial charge in [0.15, 0.2) is 17.1 Å². The smallest absolute Gasteiger partial charge is 0.162 e. The Morgan fingerprint density at radius 3 is 2.63 bits per heavy atom. The van der Waals surface area contributed by atoms with E-state index in [1.165, 1.54) is 25.0 Å². The summed E-state index contributed by atoms with van der Waals surface area (Å²) in [6.07, 6.45) is 6.53. The molecule has 1 aliphatic rings. The average Bonchev–Trinajstić information content (AvgIpc) is 3.43. The maximum absolute atomic E-state index is 13.7. The maximum atomic E-state index is 13.7. The first-order chi connectivity index (χ1) is 14.7. The van der Waals surface area contributed by atoms with Gasteiger partial charge in [-0.15, -0.1) is 0 Å². The summed E-state index contributed by atoms with van der Waals surface area (Å²) in [5.41, 5.74) is 3.91. The minimum atomic E-state index is -0.290. The summed E-state index contributed by atoms with van der Waals surface area (Å²) in [6, 6.07) is 16.1. The summed E-state index contributed by atoms with van der Waals surface area (Å²) in [5, 5.41) is 4.69. The van der Waals surface area contributed by atoms with Crippen LogP contribution in [0.25, 0.3) is 28.2 Å². The molecule has 0 bridgehead atoms. The van der Waals surface area contributed by atoms with Gasteiger partial charge in [0.25, 0.3) is 0 Å². The molecule has 1 saturated carbocycles. The summed E-state index contributed by atoms with van der Waals surface area (Å²) in [4.78, 5) is 4.43. The fourth-order valence-electron chi connectivity index (χ4n) is 4.02. The van der Waals surface area contributed by atoms with E-state index in [0.717, 1.165) is 35.6 Å². The predicted octanol–water partition coefficient (Wildman–Crippen LogP) is 5.53. The lowest BCUT2D eigenvalue weighted by Gasteiger charge is -2.17. The summed E-state index contributed by atoms with van der Waals surface area (Å²) in [7, 11) is 1.65. The molecular weight excluding hydrogens is 381 g/mol. The Morgan fingerprint density at radius 2 is 1.83 bits per heavy atom. The van der Waals surface area contributed by atoms with Crippen LogP contribution in [0.2, 0.25) is 0 Å². The molecule has 0 atom stereocenters. The molecule has 6 heteroatoms. The Hall–Kier alpha value is -3.41. The molecule has 152 valence electrons. The monoisotopic (exact) mass is 403 g/mol. The predicted molar refractivity (Wildman–Crippen MR) is 113 cm³/mol. The van der Waals surface area contributed by atoms with E-state index in [-0.39, 0.29) is 11.9 Å². The summed E-state index contributed by atoms with van der Waals surface area (Å²) >= 11 is 0. The number of aromatic nitrogens is 3. The van der Waals surface area contributed by atoms with Crippen molar-refractivity contribution < 1.29 is 13.9 Å². The molecule has 5 nitrogen and oxygen atoms in total. The summed E-state index contributed by atoms with van der Waals surface area (Å²) < 4.78 is 27.2. The maximum Gasteiger partial charge on any atom is 0.162 e. The molecule has 1 fully saturated rings. The van der Waals surface area contributed by atoms with E-state index < -0.39 is 0 Å². The third-order valence-electron chi connectivity index (χ3n) is 5.53. The van der Waals surface area contributed by atoms with E-state index in [1.54, 1.807) is 23.9 Å². The van der Waals surface area contributed by atoms with Crippen molar-refractivity contribution in [3.63, 3.8) is 0 Å². The second kappa shape index (κ2) is 7.78. The van der Waals surface area contributed by atoms with Crippen LogP contribution >= 0.6 is 0 Å². The van der Waals surface area contributed by atoms with Crippen LogP contribution in [-0.2, 0) is 0 Å². The lowest BCUT2D eigenvalue weighted by atomic mass is 10.1. The van der Waals surface area contributed by atoms with Crippen LogP contribution in [0.1, 0.15) is 25.7 Å². The molecule has 30 heavy (non-hydrogen) atoms. The molecule has 0 amide bonds. The number of fused-ring (bicyclic) bond motifs is 1. The number of nitrogens with zero attached hydrogens (tertiary/aromatic N) is 3. The highest BCUT2D eigenvalue weighted by Crippen LogP contribution is 2.35. The number of hydrogen-bond acceptors (Lipinski definition) is 4. The van der Waals surface area contributed by atoms with Crippen LogP contribution in [0.15, 0.2) is 60.8 Å². The van der Waals surface area contributed by atoms with Crippen molar-refractivity contribution >= 4 is 5.65 Å². The average molecular weight is 403 g/mol. The highest BCUT2D eigenvalue weighted by Gasteiger charge is 2.19. The molecule has 0 unspecified atom stereocenters. The van der Waals surface area contributed by atoms with E-state index >= 15 is 0 Å². The number of ether oxygens (including phenoxy) is 2. The van der Waals surface area contributed by atoms with Crippen molar-refractivity contribution in [2.45, 2.75) is 31.8 Å². The van der Waals surface area contributed by atoms with Gasteiger partial charge >= 0.3 is 0 Å². The van der Waals surface area contributed by atoms with Crippen LogP contribution in [0.3, 0.4) is 0 Å². The fourth-order valence-corrected chi connectivity index (χ4v) is 4.02. The van der Waals surface area contributed by atoms with Crippen LogP contribution in [0, 0.1) is 5.82 Å². The molecule has 2 aromatic carbocycles. The van der Waals surface area contributed by atoms with Crippen LogP contribution < -0.4 is 9.47 Å². The van der Waals surface area contributed by atoms with Crippen molar-refractivity contribution in [2.75, 3.05) is 7.11 Å². The third kappa shape index (κ3) is 3.49. The first kappa shape index (κ1) is 18.6. The van der Waals surface area contributed by atoms with Crippen LogP contribution in [0.4, 0.5) is 4.39 Å². The molecule has 0 aliphatic heterocycles. The molecule has 0 radical (unpaired) electrons. The molecule has 2 heterocycles. The van der Waals surface area contributed by atoms with Gasteiger partial charge in [-0.05, 0) is 62.1 Å². The number of benzene rings is 2. The van der Waals surface area contributed by atoms with E-state index in [1.807, 2.05) is 36.4 Å². The Balaban J connectivity index is 1.57. The first-order valence-electron chi connectivity index (χ1n) is 10.2. The number of halogens is 1. The van der Waals surface area contributed by atoms with Crippen molar-refractivity contribution in [1.82, 2.24) is 14.6 Å². The molecule has 2 aromatic heterocycles. The van der Waals surface area contributed by atoms with E-state index in [0.29, 0.717) is 16.9 Å². The second-order valence-corrected chi connectivity index (χ2v) is 7.53. The van der Waals surface area contributed by atoms with Gasteiger partial charge in [-0.1, -0.05) is 12.1 Å². The Kier molecular flexibility index (Phi) is 4.83. The molecule has 0 N–H and O–H groups in total. The number of hydrogen-bond donors (Lipinski definition) is 0. The number of rotatable bonds is 5. The summed E-state index contributed by atoms with van der Waals surface area (Å²) in [5.74, 6) is 1.17. The Bertz CT molecular complexity index is 1200. The zero-order chi connectivity index (χ0) is 20.5. The lowest BCUT2D eigenvalue weighted by Crippen LogP contribution is -2.11. The molecular formula is C24H22FN3O2. The van der Waals surface area contributed by atoms with Crippen LogP contribution in [-0.4, -0.2) is 27.8 Å². The van der Waals surface area contributed by atoms with Gasteiger partial charge in [0.1, 0.15) is 5.82 Å². The SMILES string of the molecule is COc1ccc(-c2ccnc3cc(-c4cccc(F)c4)nn23)cc1OC1CCCC1. The Labute approximate surface area is 174 Å². The van der Waals surface area contributed by atoms with Crippen molar-refractivity contribution in [3.05, 3.63) is 66.6 Å². The topological polar surface area (TPSA) is 48.7 Å². The zero-order valence-electron chi connectivity index (χ0n) is 16.7. The Morgan fingerprint density at radius 1 is 0.967 bits per heavy atom. The van der Waals surface area contributed by atoms with E-state index in [9.17, 15) is 4.39 Å². The highest BCUT2D eigenvalue weighted by molar-refractivity contribution is 5.70. The molecule has 0 saturated heterocycles. The molecule has 0 spiro atoms. The summed E-state index contributed by atoms with van der Waals surface area (Å²) in [6.45, 7) is 0. The van der Waals surface area contributed by atoms with Gasteiger partial charge in [0, 0.05) is 23.4 Å². The van der Waals surface area contributed by atoms with Gasteiger partial charge in [-0.2, -0.15) is 5.10 Å². The van der Waals surface area contributed by atoms with Gasteiger partial charge in [-0.3, -0.25) is 0 Å². The third-order valence-corrected chi connectivity index (χ3v) is 5.53. The zero-order valence-corrected chi connectivity index (χ0v) is 16.7. The van der Waals surface area contributed by atoms with Gasteiger partial charge in [0.05, 0.1) is 24.6 Å². The van der Waals surface area contributed by atoms with E-state index in [2.05, 4.69) is 4.98 Å². The van der Waals surface area contributed by atoms with Crippen molar-refractivity contribution in [2.24, 2.45) is 0 Å². The molecule has 4 aromatic rings. The van der Waals surface area contributed by atoms with Gasteiger partial charge in [-0.25, -0.2) is 13.9 Å². The standard InChI is InChI=1S/C24H22FN3O2/c1-29-22-10-9-17(14-23(22)30-19-7-2-3-8-19)21-11-12-26-24-15-20(27-28(21)24)16-5-4-6-18(25)13-16/h4-6,9-15,19H,2-3,7-8H2,1H3. The molecule has 1 aliphatic carbocycles. The largest absolute Gasteiger partial charge is 0.493 e. The number of methoxy groups -OCH3 is 1.